The maximum atomic E-state index is 13.9. The van der Waals surface area contributed by atoms with Crippen molar-refractivity contribution in [1.82, 2.24) is 4.98 Å². The molecule has 0 N–H and O–H groups in total. The maximum absolute atomic E-state index is 13.9. The Bertz CT molecular complexity index is 1860. The van der Waals surface area contributed by atoms with E-state index in [4.69, 9.17) is 18.9 Å². The van der Waals surface area contributed by atoms with Gasteiger partial charge >= 0.3 is 18.1 Å². The van der Waals surface area contributed by atoms with Crippen LogP contribution in [-0.2, 0) is 29.3 Å². The summed E-state index contributed by atoms with van der Waals surface area (Å²) in [4.78, 5) is 56.9. The van der Waals surface area contributed by atoms with E-state index in [1.165, 1.54) is 18.2 Å². The predicted octanol–water partition coefficient (Wildman–Crippen LogP) is 7.52. The average molecular weight is 622 g/mol. The van der Waals surface area contributed by atoms with Crippen LogP contribution in [-0.4, -0.2) is 42.1 Å². The number of aromatic nitrogens is 1. The van der Waals surface area contributed by atoms with Gasteiger partial charge in [0.1, 0.15) is 18.8 Å². The molecule has 0 radical (unpaired) electrons. The summed E-state index contributed by atoms with van der Waals surface area (Å²) in [5.41, 5.74) is 0.642. The van der Waals surface area contributed by atoms with Gasteiger partial charge in [-0.15, -0.1) is 0 Å². The van der Waals surface area contributed by atoms with Gasteiger partial charge < -0.3 is 18.9 Å². The quantitative estimate of drug-likeness (QED) is 0.101. The third-order valence-corrected chi connectivity index (χ3v) is 8.03. The molecule has 46 heavy (non-hydrogen) atoms. The number of ketones is 1. The van der Waals surface area contributed by atoms with Crippen molar-refractivity contribution in [1.29, 1.82) is 0 Å². The highest BCUT2D eigenvalue weighted by Crippen LogP contribution is 2.40. The number of fused-ring (bicyclic) bond motifs is 2. The van der Waals surface area contributed by atoms with E-state index in [1.807, 2.05) is 67.6 Å². The Morgan fingerprint density at radius 2 is 1.48 bits per heavy atom. The molecule has 236 valence electrons. The summed E-state index contributed by atoms with van der Waals surface area (Å²) in [6.45, 7) is 8.66. The maximum Gasteiger partial charge on any atom is 0.514 e. The molecular formula is C37H35NO8. The Morgan fingerprint density at radius 3 is 2.22 bits per heavy atom. The monoisotopic (exact) mass is 621 g/mol. The van der Waals surface area contributed by atoms with E-state index in [1.54, 1.807) is 33.8 Å². The number of rotatable bonds is 10. The second-order valence-electron chi connectivity index (χ2n) is 12.0. The summed E-state index contributed by atoms with van der Waals surface area (Å²) >= 11 is 0. The van der Waals surface area contributed by atoms with Crippen molar-refractivity contribution < 1.29 is 38.1 Å². The minimum atomic E-state index is -1.03. The number of carbonyl (C=O) groups is 4. The van der Waals surface area contributed by atoms with Crippen LogP contribution in [0.3, 0.4) is 0 Å². The summed E-state index contributed by atoms with van der Waals surface area (Å²) in [5, 5.41) is 0.871. The molecule has 0 atom stereocenters. The van der Waals surface area contributed by atoms with Gasteiger partial charge in [0.2, 0.25) is 0 Å². The molecule has 1 aliphatic rings. The molecule has 9 nitrogen and oxygen atoms in total. The van der Waals surface area contributed by atoms with Crippen molar-refractivity contribution in [3.05, 3.63) is 113 Å². The van der Waals surface area contributed by atoms with E-state index < -0.39 is 28.9 Å². The SMILES string of the molecule is CCC(C)(C)C(=O)OCCOC(=O)c1ccc2c(c1)C(=O)C(c1ccc3ccccc3n1)=C2OC(=O)OC(C)(C)c1ccccc1. The minimum Gasteiger partial charge on any atom is -0.462 e. The van der Waals surface area contributed by atoms with Gasteiger partial charge in [-0.3, -0.25) is 9.59 Å². The Hall–Kier alpha value is -5.31. The highest BCUT2D eigenvalue weighted by molar-refractivity contribution is 6.39. The predicted molar refractivity (Wildman–Crippen MR) is 172 cm³/mol. The van der Waals surface area contributed by atoms with E-state index in [-0.39, 0.29) is 41.6 Å². The molecule has 4 aromatic rings. The van der Waals surface area contributed by atoms with Crippen LogP contribution >= 0.6 is 0 Å². The number of hydrogen-bond acceptors (Lipinski definition) is 9. The van der Waals surface area contributed by atoms with Crippen LogP contribution in [0.2, 0.25) is 0 Å². The van der Waals surface area contributed by atoms with Crippen molar-refractivity contribution in [3.63, 3.8) is 0 Å². The second kappa shape index (κ2) is 13.0. The topological polar surface area (TPSA) is 118 Å². The van der Waals surface area contributed by atoms with Gasteiger partial charge in [-0.2, -0.15) is 0 Å². The third kappa shape index (κ3) is 6.68. The van der Waals surface area contributed by atoms with Crippen molar-refractivity contribution in [2.75, 3.05) is 13.2 Å². The van der Waals surface area contributed by atoms with Crippen molar-refractivity contribution >= 4 is 46.1 Å². The number of nitrogens with zero attached hydrogens (tertiary/aromatic N) is 1. The fourth-order valence-corrected chi connectivity index (χ4v) is 4.88. The normalized spacial score (nSPS) is 12.9. The second-order valence-corrected chi connectivity index (χ2v) is 12.0. The molecule has 0 amide bonds. The zero-order valence-electron chi connectivity index (χ0n) is 26.4. The van der Waals surface area contributed by atoms with Gasteiger partial charge in [-0.1, -0.05) is 61.5 Å². The molecule has 0 saturated heterocycles. The average Bonchev–Trinajstić information content (AvgIpc) is 3.32. The number of esters is 2. The molecule has 0 bridgehead atoms. The number of benzene rings is 3. The van der Waals surface area contributed by atoms with Crippen molar-refractivity contribution in [2.24, 2.45) is 5.41 Å². The Morgan fingerprint density at radius 1 is 0.783 bits per heavy atom. The molecule has 0 saturated carbocycles. The summed E-state index contributed by atoms with van der Waals surface area (Å²) in [5.74, 6) is -1.59. The lowest BCUT2D eigenvalue weighted by Gasteiger charge is -2.25. The standard InChI is InChI=1S/C37H35NO8/c1-6-36(2,3)34(41)44-21-20-43-33(40)24-16-18-26-27(22-24)31(39)30(29-19-17-23-12-10-11-15-28(23)38-29)32(26)45-35(42)46-37(4,5)25-13-8-7-9-14-25/h7-19,22H,6,20-21H2,1-5H3. The van der Waals surface area contributed by atoms with Crippen LogP contribution in [0.1, 0.15) is 78.6 Å². The zero-order valence-corrected chi connectivity index (χ0v) is 26.4. The molecule has 1 heterocycles. The Labute approximate surface area is 267 Å². The molecular weight excluding hydrogens is 586 g/mol. The molecule has 0 spiro atoms. The third-order valence-electron chi connectivity index (χ3n) is 8.03. The van der Waals surface area contributed by atoms with E-state index >= 15 is 0 Å². The number of para-hydroxylation sites is 1. The molecule has 1 aliphatic carbocycles. The van der Waals surface area contributed by atoms with Gasteiger partial charge in [-0.25, -0.2) is 14.6 Å². The molecule has 0 fully saturated rings. The number of pyridine rings is 1. The van der Waals surface area contributed by atoms with E-state index in [0.29, 0.717) is 23.2 Å². The number of carbonyl (C=O) groups excluding carboxylic acids is 4. The van der Waals surface area contributed by atoms with E-state index in [0.717, 1.165) is 10.9 Å². The molecule has 9 heteroatoms. The van der Waals surface area contributed by atoms with Gasteiger partial charge in [-0.05, 0) is 70.0 Å². The Balaban J connectivity index is 1.41. The first-order valence-corrected chi connectivity index (χ1v) is 15.0. The first-order chi connectivity index (χ1) is 21.9. The summed E-state index contributed by atoms with van der Waals surface area (Å²) in [6.07, 6.45) is -0.402. The molecule has 3 aromatic carbocycles. The highest BCUT2D eigenvalue weighted by Gasteiger charge is 2.37. The summed E-state index contributed by atoms with van der Waals surface area (Å²) in [7, 11) is 0. The van der Waals surface area contributed by atoms with Crippen LogP contribution in [0.5, 0.6) is 0 Å². The van der Waals surface area contributed by atoms with Gasteiger partial charge in [0, 0.05) is 16.5 Å². The molecule has 5 rings (SSSR count). The number of hydrogen-bond donors (Lipinski definition) is 0. The van der Waals surface area contributed by atoms with E-state index in [9.17, 15) is 19.2 Å². The van der Waals surface area contributed by atoms with Crippen LogP contribution in [0, 0.1) is 5.41 Å². The van der Waals surface area contributed by atoms with Gasteiger partial charge in [0.15, 0.2) is 11.5 Å². The smallest absolute Gasteiger partial charge is 0.462 e. The lowest BCUT2D eigenvalue weighted by molar-refractivity contribution is -0.155. The summed E-state index contributed by atoms with van der Waals surface area (Å²) in [6, 6.07) is 24.5. The first-order valence-electron chi connectivity index (χ1n) is 15.0. The molecule has 1 aromatic heterocycles. The fraction of sp³-hybridized carbons (Fsp3) is 0.270. The first kappa shape index (κ1) is 32.1. The lowest BCUT2D eigenvalue weighted by atomic mass is 9.91. The van der Waals surface area contributed by atoms with Crippen LogP contribution in [0.15, 0.2) is 84.9 Å². The summed E-state index contributed by atoms with van der Waals surface area (Å²) < 4.78 is 22.0. The fourth-order valence-electron chi connectivity index (χ4n) is 4.88. The van der Waals surface area contributed by atoms with Crippen molar-refractivity contribution in [2.45, 2.75) is 46.6 Å². The number of ether oxygens (including phenoxy) is 4. The van der Waals surface area contributed by atoms with Crippen LogP contribution in [0.4, 0.5) is 4.79 Å². The van der Waals surface area contributed by atoms with Crippen LogP contribution < -0.4 is 0 Å². The largest absolute Gasteiger partial charge is 0.514 e. The number of allylic oxidation sites excluding steroid dienone is 1. The van der Waals surface area contributed by atoms with Crippen LogP contribution in [0.25, 0.3) is 22.2 Å². The molecule has 0 aliphatic heterocycles. The van der Waals surface area contributed by atoms with Crippen molar-refractivity contribution in [3.8, 4) is 0 Å². The highest BCUT2D eigenvalue weighted by atomic mass is 16.7. The Kier molecular flexibility index (Phi) is 9.05. The number of Topliss-reactive ketones (excluding diaryl/α,β-unsaturated/α-hetero) is 1. The zero-order chi connectivity index (χ0) is 33.1. The molecule has 0 unspecified atom stereocenters. The lowest BCUT2D eigenvalue weighted by Crippen LogP contribution is -2.27. The van der Waals surface area contributed by atoms with E-state index in [2.05, 4.69) is 4.98 Å². The van der Waals surface area contributed by atoms with Gasteiger partial charge in [0.05, 0.1) is 27.8 Å². The minimum absolute atomic E-state index is 0.0259. The van der Waals surface area contributed by atoms with Gasteiger partial charge in [0.25, 0.3) is 0 Å².